The van der Waals surface area contributed by atoms with Crippen molar-refractivity contribution in [2.45, 2.75) is 27.7 Å². The molecule has 0 aliphatic carbocycles. The molecule has 0 bridgehead atoms. The molecule has 0 amide bonds. The third kappa shape index (κ3) is 4.39. The van der Waals surface area contributed by atoms with E-state index in [-0.39, 0.29) is 80.9 Å². The van der Waals surface area contributed by atoms with Crippen LogP contribution in [0.2, 0.25) is 0 Å². The molecule has 0 spiro atoms. The standard InChI is InChI=1S/C9H16O4.K.Na/c1-5(2)9(6(3)4,7(10)11)8(12)13;;/h5-6H,1-4H3,(H,10,11)(H,12,13);;/q;2*+1/p-2. The van der Waals surface area contributed by atoms with Crippen LogP contribution >= 0.6 is 0 Å². The van der Waals surface area contributed by atoms with Gasteiger partial charge in [-0.2, -0.15) is 0 Å². The number of aliphatic carboxylic acids is 2. The summed E-state index contributed by atoms with van der Waals surface area (Å²) < 4.78 is 0. The van der Waals surface area contributed by atoms with Gasteiger partial charge >= 0.3 is 80.9 Å². The first-order chi connectivity index (χ1) is 5.77. The molecule has 0 radical (unpaired) electrons. The Balaban J connectivity index is -0.000000720. The van der Waals surface area contributed by atoms with E-state index in [0.717, 1.165) is 0 Å². The number of carboxylic acid groups (broad SMARTS) is 2. The molecule has 0 saturated heterocycles. The van der Waals surface area contributed by atoms with Gasteiger partial charge in [0.25, 0.3) is 0 Å². The Morgan fingerprint density at radius 1 is 0.933 bits per heavy atom. The van der Waals surface area contributed by atoms with Gasteiger partial charge in [0.2, 0.25) is 0 Å². The summed E-state index contributed by atoms with van der Waals surface area (Å²) in [6.45, 7) is 6.13. The fraction of sp³-hybridized carbons (Fsp3) is 0.778. The second-order valence-corrected chi connectivity index (χ2v) is 3.75. The van der Waals surface area contributed by atoms with Crippen LogP contribution in [-0.2, 0) is 9.59 Å². The van der Waals surface area contributed by atoms with Crippen LogP contribution in [-0.4, -0.2) is 11.9 Å². The van der Waals surface area contributed by atoms with E-state index in [4.69, 9.17) is 0 Å². The first-order valence-corrected chi connectivity index (χ1v) is 4.20. The molecule has 0 aliphatic heterocycles. The summed E-state index contributed by atoms with van der Waals surface area (Å²) in [5.41, 5.74) is -1.89. The van der Waals surface area contributed by atoms with Gasteiger partial charge in [-0.1, -0.05) is 27.7 Å². The van der Waals surface area contributed by atoms with E-state index >= 15 is 0 Å². The van der Waals surface area contributed by atoms with Gasteiger partial charge in [0.05, 0.1) is 17.4 Å². The Kier molecular flexibility index (Phi) is 12.6. The Morgan fingerprint density at radius 3 is 1.13 bits per heavy atom. The molecule has 0 N–H and O–H groups in total. The van der Waals surface area contributed by atoms with Gasteiger partial charge in [0.15, 0.2) is 0 Å². The summed E-state index contributed by atoms with van der Waals surface area (Å²) in [5, 5.41) is 21.6. The van der Waals surface area contributed by atoms with Crippen molar-refractivity contribution in [2.75, 3.05) is 0 Å². The molecule has 0 atom stereocenters. The zero-order valence-electron chi connectivity index (χ0n) is 10.3. The van der Waals surface area contributed by atoms with Gasteiger partial charge < -0.3 is 19.8 Å². The molecule has 76 valence electrons. The summed E-state index contributed by atoms with van der Waals surface area (Å²) in [6, 6.07) is 0. The quantitative estimate of drug-likeness (QED) is 0.366. The van der Waals surface area contributed by atoms with E-state index in [9.17, 15) is 19.8 Å². The Bertz CT molecular complexity index is 204. The van der Waals surface area contributed by atoms with Crippen LogP contribution in [0.3, 0.4) is 0 Å². The molecule has 0 aromatic heterocycles. The normalized spacial score (nSPS) is 10.5. The number of carboxylic acids is 2. The topological polar surface area (TPSA) is 80.3 Å². The number of hydrogen-bond acceptors (Lipinski definition) is 4. The molecular formula is C9H14KNaO4. The average Bonchev–Trinajstić information content (AvgIpc) is 1.82. The minimum absolute atomic E-state index is 0. The van der Waals surface area contributed by atoms with Crippen LogP contribution in [0.4, 0.5) is 0 Å². The molecular weight excluding hydrogens is 234 g/mol. The van der Waals surface area contributed by atoms with Crippen LogP contribution in [0.15, 0.2) is 0 Å². The van der Waals surface area contributed by atoms with Crippen LogP contribution in [0.5, 0.6) is 0 Å². The molecule has 0 unspecified atom stereocenters. The molecule has 15 heavy (non-hydrogen) atoms. The van der Waals surface area contributed by atoms with Crippen LogP contribution in [0, 0.1) is 17.3 Å². The zero-order valence-corrected chi connectivity index (χ0v) is 15.4. The first-order valence-electron chi connectivity index (χ1n) is 4.20. The van der Waals surface area contributed by atoms with Crippen molar-refractivity contribution in [3.05, 3.63) is 0 Å². The van der Waals surface area contributed by atoms with Gasteiger partial charge in [-0.3, -0.25) is 0 Å². The Morgan fingerprint density at radius 2 is 1.13 bits per heavy atom. The number of carbonyl (C=O) groups is 2. The summed E-state index contributed by atoms with van der Waals surface area (Å²) >= 11 is 0. The van der Waals surface area contributed by atoms with Gasteiger partial charge in [-0.25, -0.2) is 0 Å². The van der Waals surface area contributed by atoms with Gasteiger partial charge in [-0.05, 0) is 11.8 Å². The second kappa shape index (κ2) is 8.64. The Labute approximate surface area is 155 Å². The third-order valence-corrected chi connectivity index (χ3v) is 2.50. The third-order valence-electron chi connectivity index (χ3n) is 2.50. The average molecular weight is 248 g/mol. The first kappa shape index (κ1) is 21.8. The monoisotopic (exact) mass is 248 g/mol. The van der Waals surface area contributed by atoms with Crippen LogP contribution in [0.25, 0.3) is 0 Å². The fourth-order valence-corrected chi connectivity index (χ4v) is 1.69. The second-order valence-electron chi connectivity index (χ2n) is 3.75. The van der Waals surface area contributed by atoms with E-state index in [1.807, 2.05) is 0 Å². The summed E-state index contributed by atoms with van der Waals surface area (Å²) in [4.78, 5) is 21.6. The molecule has 0 saturated carbocycles. The number of carbonyl (C=O) groups excluding carboxylic acids is 2. The maximum Gasteiger partial charge on any atom is 1.00 e. The molecule has 0 aromatic rings. The minimum atomic E-state index is -1.89. The van der Waals surface area contributed by atoms with E-state index in [1.165, 1.54) is 27.7 Å². The van der Waals surface area contributed by atoms with E-state index in [0.29, 0.717) is 0 Å². The van der Waals surface area contributed by atoms with Gasteiger partial charge in [0.1, 0.15) is 0 Å². The zero-order chi connectivity index (χ0) is 10.8. The van der Waals surface area contributed by atoms with E-state index in [1.54, 1.807) is 0 Å². The molecule has 0 rings (SSSR count). The summed E-state index contributed by atoms with van der Waals surface area (Å²) in [6.07, 6.45) is 0. The summed E-state index contributed by atoms with van der Waals surface area (Å²) in [5.74, 6) is -4.25. The number of rotatable bonds is 4. The van der Waals surface area contributed by atoms with Crippen molar-refractivity contribution in [1.82, 2.24) is 0 Å². The molecule has 0 heterocycles. The number of hydrogen-bond donors (Lipinski definition) is 0. The smallest absolute Gasteiger partial charge is 0.549 e. The van der Waals surface area contributed by atoms with Gasteiger partial charge in [-0.15, -0.1) is 0 Å². The van der Waals surface area contributed by atoms with Crippen molar-refractivity contribution in [2.24, 2.45) is 17.3 Å². The van der Waals surface area contributed by atoms with Gasteiger partial charge in [0, 0.05) is 0 Å². The molecule has 4 nitrogen and oxygen atoms in total. The van der Waals surface area contributed by atoms with Crippen molar-refractivity contribution in [1.29, 1.82) is 0 Å². The molecule has 0 aliphatic rings. The molecule has 0 fully saturated rings. The predicted molar refractivity (Wildman–Crippen MR) is 42.1 cm³/mol. The minimum Gasteiger partial charge on any atom is -0.549 e. The summed E-state index contributed by atoms with van der Waals surface area (Å²) in [7, 11) is 0. The van der Waals surface area contributed by atoms with Crippen LogP contribution < -0.4 is 91.2 Å². The van der Waals surface area contributed by atoms with Crippen molar-refractivity contribution >= 4 is 11.9 Å². The fourth-order valence-electron chi connectivity index (χ4n) is 1.69. The largest absolute Gasteiger partial charge is 1.00 e. The maximum absolute atomic E-state index is 10.8. The van der Waals surface area contributed by atoms with Crippen molar-refractivity contribution in [3.63, 3.8) is 0 Å². The van der Waals surface area contributed by atoms with E-state index < -0.39 is 29.2 Å². The van der Waals surface area contributed by atoms with Crippen molar-refractivity contribution in [3.8, 4) is 0 Å². The van der Waals surface area contributed by atoms with Crippen molar-refractivity contribution < 1.29 is 101 Å². The SMILES string of the molecule is CC(C)C(C(=O)[O-])(C(=O)[O-])C(C)C.[K+].[Na+]. The van der Waals surface area contributed by atoms with E-state index in [2.05, 4.69) is 0 Å². The van der Waals surface area contributed by atoms with Crippen LogP contribution in [0.1, 0.15) is 27.7 Å². The maximum atomic E-state index is 10.8. The molecule has 0 aromatic carbocycles. The molecule has 6 heteroatoms. The Hall–Kier alpha value is 1.58. The predicted octanol–water partition coefficient (Wildman–Crippen LogP) is -7.21.